The Morgan fingerprint density at radius 2 is 1.38 bits per heavy atom. The molecule has 0 aromatic heterocycles. The zero-order valence-corrected chi connectivity index (χ0v) is 17.4. The lowest BCUT2D eigenvalue weighted by Gasteiger charge is -2.28. The number of hydrogen-bond acceptors (Lipinski definition) is 4. The first-order valence-corrected chi connectivity index (χ1v) is 13.0. The van der Waals surface area contributed by atoms with Crippen molar-refractivity contribution in [2.24, 2.45) is 5.73 Å². The summed E-state index contributed by atoms with van der Waals surface area (Å²) in [5.41, 5.74) is 5.51. The van der Waals surface area contributed by atoms with Crippen LogP contribution in [0.15, 0.2) is 0 Å². The maximum Gasteiger partial charge on any atom is 0.321 e. The summed E-state index contributed by atoms with van der Waals surface area (Å²) in [6, 6.07) is 4.78. The second-order valence-electron chi connectivity index (χ2n) is 4.96. The fourth-order valence-corrected chi connectivity index (χ4v) is 6.80. The predicted molar refractivity (Wildman–Crippen MR) is 97.7 cm³/mol. The molecule has 0 aliphatic carbocycles. The van der Waals surface area contributed by atoms with Gasteiger partial charge in [0.05, 0.1) is 0 Å². The molecule has 0 rings (SSSR count). The first-order valence-electron chi connectivity index (χ1n) is 8.66. The molecule has 0 aliphatic heterocycles. The van der Waals surface area contributed by atoms with E-state index >= 15 is 0 Å². The highest BCUT2D eigenvalue weighted by atomic mass is 28.4. The van der Waals surface area contributed by atoms with Crippen molar-refractivity contribution >= 4 is 17.6 Å². The van der Waals surface area contributed by atoms with Gasteiger partial charge in [0.25, 0.3) is 0 Å². The van der Waals surface area contributed by atoms with E-state index in [0.717, 1.165) is 38.8 Å². The second kappa shape index (κ2) is 16.6. The molecule has 21 heavy (non-hydrogen) atoms. The molecule has 0 spiro atoms. The van der Waals surface area contributed by atoms with Crippen LogP contribution in [0.5, 0.6) is 0 Å². The van der Waals surface area contributed by atoms with E-state index in [2.05, 4.69) is 27.7 Å². The lowest BCUT2D eigenvalue weighted by molar-refractivity contribution is 0.214. The standard InChI is InChI=1S/C9H23NOSi.C6H16O2Si/c1-4-11-12(5-2,6-3)9-7-8-10;1-4-7-9(6-3)8-5-2/h4-10H2,1-3H3;9H,4-6H2,1-3H3. The summed E-state index contributed by atoms with van der Waals surface area (Å²) in [6.45, 7) is 16.0. The molecule has 0 amide bonds. The Morgan fingerprint density at radius 1 is 0.857 bits per heavy atom. The van der Waals surface area contributed by atoms with Crippen LogP contribution in [0.25, 0.3) is 0 Å². The molecule has 0 saturated carbocycles. The molecule has 0 atom stereocenters. The molecular weight excluding hydrogens is 298 g/mol. The highest BCUT2D eigenvalue weighted by molar-refractivity contribution is 6.73. The largest absolute Gasteiger partial charge is 0.417 e. The molecule has 0 aromatic carbocycles. The molecule has 6 heteroatoms. The van der Waals surface area contributed by atoms with E-state index in [1.807, 2.05) is 13.8 Å². The first kappa shape index (κ1) is 23.5. The molecule has 0 saturated heterocycles. The monoisotopic (exact) mass is 337 g/mol. The van der Waals surface area contributed by atoms with Crippen LogP contribution in [0.3, 0.4) is 0 Å². The van der Waals surface area contributed by atoms with Crippen LogP contribution in [-0.2, 0) is 13.3 Å². The van der Waals surface area contributed by atoms with Crippen molar-refractivity contribution in [2.75, 3.05) is 26.4 Å². The molecule has 0 bridgehead atoms. The minimum atomic E-state index is -1.34. The normalized spacial score (nSPS) is 11.4. The SMILES string of the molecule is CCO[SiH](CC)OCC.CCO[Si](CC)(CC)CCCN. The van der Waals surface area contributed by atoms with Crippen LogP contribution in [0.1, 0.15) is 48.0 Å². The Hall–Kier alpha value is 0.274. The summed E-state index contributed by atoms with van der Waals surface area (Å²) < 4.78 is 16.6. The molecule has 0 fully saturated rings. The lowest BCUT2D eigenvalue weighted by atomic mass is 10.5. The average molecular weight is 338 g/mol. The summed E-state index contributed by atoms with van der Waals surface area (Å²) in [5.74, 6) is 0. The maximum absolute atomic E-state index is 5.91. The van der Waals surface area contributed by atoms with Gasteiger partial charge in [0.15, 0.2) is 8.32 Å². The zero-order chi connectivity index (χ0) is 16.6. The van der Waals surface area contributed by atoms with Crippen LogP contribution >= 0.6 is 0 Å². The van der Waals surface area contributed by atoms with Crippen molar-refractivity contribution in [1.29, 1.82) is 0 Å². The molecule has 0 aromatic rings. The quantitative estimate of drug-likeness (QED) is 0.552. The van der Waals surface area contributed by atoms with Gasteiger partial charge in [0.2, 0.25) is 0 Å². The molecule has 4 nitrogen and oxygen atoms in total. The molecule has 2 N–H and O–H groups in total. The van der Waals surface area contributed by atoms with Crippen molar-refractivity contribution in [3.05, 3.63) is 0 Å². The van der Waals surface area contributed by atoms with E-state index in [-0.39, 0.29) is 0 Å². The van der Waals surface area contributed by atoms with Crippen molar-refractivity contribution in [3.63, 3.8) is 0 Å². The fraction of sp³-hybridized carbons (Fsp3) is 1.00. The highest BCUT2D eigenvalue weighted by Gasteiger charge is 2.29. The van der Waals surface area contributed by atoms with E-state index in [0.29, 0.717) is 0 Å². The molecule has 0 unspecified atom stereocenters. The van der Waals surface area contributed by atoms with E-state index in [9.17, 15) is 0 Å². The summed E-state index contributed by atoms with van der Waals surface area (Å²) in [4.78, 5) is 0. The number of rotatable bonds is 12. The predicted octanol–water partition coefficient (Wildman–Crippen LogP) is 3.66. The van der Waals surface area contributed by atoms with Crippen LogP contribution in [0.4, 0.5) is 0 Å². The average Bonchev–Trinajstić information content (AvgIpc) is 2.52. The Bertz CT molecular complexity index is 199. The smallest absolute Gasteiger partial charge is 0.321 e. The third-order valence-electron chi connectivity index (χ3n) is 3.61. The summed E-state index contributed by atoms with van der Waals surface area (Å²) in [6.07, 6.45) is 1.13. The van der Waals surface area contributed by atoms with Gasteiger partial charge in [-0.05, 0) is 57.9 Å². The van der Waals surface area contributed by atoms with Crippen molar-refractivity contribution < 1.29 is 13.3 Å². The van der Waals surface area contributed by atoms with Crippen LogP contribution in [-0.4, -0.2) is 44.0 Å². The van der Waals surface area contributed by atoms with Crippen LogP contribution in [0.2, 0.25) is 24.2 Å². The topological polar surface area (TPSA) is 53.7 Å². The summed E-state index contributed by atoms with van der Waals surface area (Å²) in [5, 5.41) is 0. The Morgan fingerprint density at radius 3 is 1.67 bits per heavy atom. The highest BCUT2D eigenvalue weighted by Crippen LogP contribution is 2.23. The van der Waals surface area contributed by atoms with Crippen LogP contribution in [0, 0.1) is 0 Å². The fourth-order valence-electron chi connectivity index (χ4n) is 2.27. The van der Waals surface area contributed by atoms with E-state index < -0.39 is 17.6 Å². The van der Waals surface area contributed by atoms with Gasteiger partial charge in [0.1, 0.15) is 0 Å². The molecule has 0 heterocycles. The Kier molecular flexibility index (Phi) is 18.7. The molecule has 0 aliphatic rings. The van der Waals surface area contributed by atoms with Gasteiger partial charge in [-0.25, -0.2) is 0 Å². The van der Waals surface area contributed by atoms with E-state index in [4.69, 9.17) is 19.0 Å². The number of hydrogen-bond donors (Lipinski definition) is 1. The Labute approximate surface area is 135 Å². The van der Waals surface area contributed by atoms with Crippen molar-refractivity contribution in [3.8, 4) is 0 Å². The van der Waals surface area contributed by atoms with Crippen molar-refractivity contribution in [2.45, 2.75) is 72.1 Å². The van der Waals surface area contributed by atoms with Gasteiger partial charge in [-0.1, -0.05) is 20.8 Å². The van der Waals surface area contributed by atoms with Gasteiger partial charge < -0.3 is 19.0 Å². The zero-order valence-electron chi connectivity index (χ0n) is 15.2. The van der Waals surface area contributed by atoms with E-state index in [1.54, 1.807) is 0 Å². The van der Waals surface area contributed by atoms with Gasteiger partial charge in [0, 0.05) is 19.8 Å². The minimum absolute atomic E-state index is 0.796. The molecule has 0 radical (unpaired) electrons. The third kappa shape index (κ3) is 12.5. The van der Waals surface area contributed by atoms with Gasteiger partial charge in [-0.15, -0.1) is 0 Å². The van der Waals surface area contributed by atoms with Gasteiger partial charge >= 0.3 is 9.28 Å². The molecule has 130 valence electrons. The van der Waals surface area contributed by atoms with Crippen LogP contribution < -0.4 is 5.73 Å². The Balaban J connectivity index is 0. The first-order chi connectivity index (χ1) is 10.1. The third-order valence-corrected chi connectivity index (χ3v) is 10.4. The van der Waals surface area contributed by atoms with Gasteiger partial charge in [-0.3, -0.25) is 0 Å². The lowest BCUT2D eigenvalue weighted by Crippen LogP contribution is -2.37. The summed E-state index contributed by atoms with van der Waals surface area (Å²) >= 11 is 0. The van der Waals surface area contributed by atoms with E-state index in [1.165, 1.54) is 18.1 Å². The summed E-state index contributed by atoms with van der Waals surface area (Å²) in [7, 11) is -2.56. The van der Waals surface area contributed by atoms with Gasteiger partial charge in [-0.2, -0.15) is 0 Å². The molecular formula is C15H39NO3Si2. The maximum atomic E-state index is 5.91. The van der Waals surface area contributed by atoms with Crippen molar-refractivity contribution in [1.82, 2.24) is 0 Å². The minimum Gasteiger partial charge on any atom is -0.417 e. The number of nitrogens with two attached hydrogens (primary N) is 1. The second-order valence-corrected chi connectivity index (χ2v) is 11.9.